The molecule has 2 aromatic rings. The van der Waals surface area contributed by atoms with E-state index in [1.165, 1.54) is 18.2 Å². The Kier molecular flexibility index (Phi) is 6.14. The van der Waals surface area contributed by atoms with Gasteiger partial charge in [0.2, 0.25) is 0 Å². The van der Waals surface area contributed by atoms with Crippen molar-refractivity contribution in [2.75, 3.05) is 13.2 Å². The highest BCUT2D eigenvalue weighted by molar-refractivity contribution is 6.33. The second-order valence-electron chi connectivity index (χ2n) is 6.22. The second kappa shape index (κ2) is 8.74. The van der Waals surface area contributed by atoms with E-state index in [9.17, 15) is 14.9 Å². The van der Waals surface area contributed by atoms with Gasteiger partial charge in [-0.25, -0.2) is 4.79 Å². The summed E-state index contributed by atoms with van der Waals surface area (Å²) in [5, 5.41) is 21.1. The molecular weight excluding hydrogens is 384 g/mol. The Morgan fingerprint density at radius 1 is 1.36 bits per heavy atom. The van der Waals surface area contributed by atoms with E-state index in [-0.39, 0.29) is 22.3 Å². The van der Waals surface area contributed by atoms with Gasteiger partial charge in [-0.15, -0.1) is 0 Å². The number of nitrogens with one attached hydrogen (secondary N) is 1. The van der Waals surface area contributed by atoms with Crippen LogP contribution < -0.4 is 5.32 Å². The summed E-state index contributed by atoms with van der Waals surface area (Å²) < 4.78 is 11.1. The van der Waals surface area contributed by atoms with Crippen LogP contribution in [0.2, 0.25) is 5.02 Å². The number of rotatable bonds is 6. The lowest BCUT2D eigenvalue weighted by atomic mass is 10.1. The van der Waals surface area contributed by atoms with Crippen LogP contribution in [0.25, 0.3) is 17.4 Å². The molecule has 1 fully saturated rings. The normalized spacial score (nSPS) is 16.6. The van der Waals surface area contributed by atoms with Crippen LogP contribution >= 0.6 is 11.6 Å². The average molecular weight is 401 g/mol. The van der Waals surface area contributed by atoms with E-state index < -0.39 is 11.9 Å². The first-order valence-corrected chi connectivity index (χ1v) is 9.00. The smallest absolute Gasteiger partial charge is 0.337 e. The van der Waals surface area contributed by atoms with Gasteiger partial charge in [-0.05, 0) is 37.1 Å². The number of nitrogens with zero attached hydrogens (tertiary/aromatic N) is 1. The molecule has 1 atom stereocenters. The number of nitriles is 1. The van der Waals surface area contributed by atoms with E-state index in [1.54, 1.807) is 18.2 Å². The minimum atomic E-state index is -1.12. The molecule has 0 bridgehead atoms. The zero-order valence-electron chi connectivity index (χ0n) is 14.8. The topological polar surface area (TPSA) is 113 Å². The number of aromatic carboxylic acids is 1. The van der Waals surface area contributed by atoms with Crippen LogP contribution in [0.15, 0.2) is 40.3 Å². The zero-order valence-corrected chi connectivity index (χ0v) is 15.5. The van der Waals surface area contributed by atoms with Gasteiger partial charge >= 0.3 is 5.97 Å². The highest BCUT2D eigenvalue weighted by atomic mass is 35.5. The van der Waals surface area contributed by atoms with Crippen LogP contribution in [0.4, 0.5) is 0 Å². The molecule has 144 valence electrons. The standard InChI is InChI=1S/C20H17ClN2O5/c21-17-9-12(3-5-16(17)20(25)26)18-6-4-14(28-18)8-13(10-22)19(24)23-11-15-2-1-7-27-15/h3-6,8-9,15H,1-2,7,11H2,(H,23,24)(H,25,26)/b13-8-/t15-/m1/s1. The molecule has 0 aliphatic carbocycles. The van der Waals surface area contributed by atoms with Crippen molar-refractivity contribution in [3.05, 3.63) is 52.3 Å². The lowest BCUT2D eigenvalue weighted by molar-refractivity contribution is -0.117. The number of carbonyl (C=O) groups is 2. The van der Waals surface area contributed by atoms with Crippen molar-refractivity contribution in [2.45, 2.75) is 18.9 Å². The fourth-order valence-electron chi connectivity index (χ4n) is 2.83. The maximum absolute atomic E-state index is 12.2. The maximum atomic E-state index is 12.2. The summed E-state index contributed by atoms with van der Waals surface area (Å²) in [7, 11) is 0. The highest BCUT2D eigenvalue weighted by Gasteiger charge is 2.18. The van der Waals surface area contributed by atoms with E-state index in [0.717, 1.165) is 12.8 Å². The molecule has 2 heterocycles. The fraction of sp³-hybridized carbons (Fsp3) is 0.250. The summed E-state index contributed by atoms with van der Waals surface area (Å²) in [6.45, 7) is 1.05. The lowest BCUT2D eigenvalue weighted by Crippen LogP contribution is -2.32. The Labute approximate surface area is 166 Å². The van der Waals surface area contributed by atoms with Crippen LogP contribution in [0.1, 0.15) is 29.0 Å². The van der Waals surface area contributed by atoms with E-state index in [0.29, 0.717) is 30.2 Å². The molecule has 0 unspecified atom stereocenters. The van der Waals surface area contributed by atoms with Crippen molar-refractivity contribution in [3.8, 4) is 17.4 Å². The summed E-state index contributed by atoms with van der Waals surface area (Å²) in [6, 6.07) is 9.57. The molecule has 7 nitrogen and oxygen atoms in total. The molecule has 3 rings (SSSR count). The van der Waals surface area contributed by atoms with Crippen molar-refractivity contribution in [1.82, 2.24) is 5.32 Å². The first kappa shape index (κ1) is 19.7. The van der Waals surface area contributed by atoms with Crippen LogP contribution in [0.3, 0.4) is 0 Å². The van der Waals surface area contributed by atoms with Gasteiger partial charge in [0.15, 0.2) is 0 Å². The molecule has 1 aliphatic heterocycles. The fourth-order valence-corrected chi connectivity index (χ4v) is 3.09. The molecule has 0 saturated carbocycles. The molecule has 8 heteroatoms. The van der Waals surface area contributed by atoms with Gasteiger partial charge in [-0.3, -0.25) is 4.79 Å². The van der Waals surface area contributed by atoms with Gasteiger partial charge in [0, 0.05) is 24.8 Å². The van der Waals surface area contributed by atoms with Gasteiger partial charge in [0.05, 0.1) is 16.7 Å². The summed E-state index contributed by atoms with van der Waals surface area (Å²) in [5.74, 6) is -0.864. The summed E-state index contributed by atoms with van der Waals surface area (Å²) in [6.07, 6.45) is 3.18. The monoisotopic (exact) mass is 400 g/mol. The maximum Gasteiger partial charge on any atom is 0.337 e. The molecule has 0 radical (unpaired) electrons. The van der Waals surface area contributed by atoms with E-state index >= 15 is 0 Å². The Bertz CT molecular complexity index is 967. The van der Waals surface area contributed by atoms with Crippen molar-refractivity contribution in [3.63, 3.8) is 0 Å². The number of amides is 1. The number of ether oxygens (including phenoxy) is 1. The number of hydrogen-bond donors (Lipinski definition) is 2. The Morgan fingerprint density at radius 2 is 2.18 bits per heavy atom. The third-order valence-electron chi connectivity index (χ3n) is 4.28. The molecule has 1 amide bonds. The van der Waals surface area contributed by atoms with E-state index in [2.05, 4.69) is 5.32 Å². The largest absolute Gasteiger partial charge is 0.478 e. The van der Waals surface area contributed by atoms with Gasteiger partial charge in [0.25, 0.3) is 5.91 Å². The van der Waals surface area contributed by atoms with Crippen molar-refractivity contribution in [2.24, 2.45) is 0 Å². The van der Waals surface area contributed by atoms with Gasteiger partial charge in [0.1, 0.15) is 23.2 Å². The summed E-state index contributed by atoms with van der Waals surface area (Å²) >= 11 is 5.98. The number of carbonyl (C=O) groups excluding carboxylic acids is 1. The summed E-state index contributed by atoms with van der Waals surface area (Å²) in [5.41, 5.74) is 0.487. The molecule has 1 aromatic carbocycles. The average Bonchev–Trinajstić information content (AvgIpc) is 3.35. The second-order valence-corrected chi connectivity index (χ2v) is 6.62. The highest BCUT2D eigenvalue weighted by Crippen LogP contribution is 2.28. The SMILES string of the molecule is N#C/C(=C/c1ccc(-c2ccc(C(=O)O)c(Cl)c2)o1)C(=O)NC[C@H]1CCCO1. The molecule has 1 aliphatic rings. The Hall–Kier alpha value is -3.08. The van der Waals surface area contributed by atoms with Crippen molar-refractivity contribution >= 4 is 29.6 Å². The van der Waals surface area contributed by atoms with E-state index in [4.69, 9.17) is 25.9 Å². The minimum Gasteiger partial charge on any atom is -0.478 e. The van der Waals surface area contributed by atoms with Crippen LogP contribution in [-0.2, 0) is 9.53 Å². The third kappa shape index (κ3) is 4.60. The molecular formula is C20H17ClN2O5. The van der Waals surface area contributed by atoms with Gasteiger partial charge in [-0.1, -0.05) is 17.7 Å². The van der Waals surface area contributed by atoms with Crippen molar-refractivity contribution < 1.29 is 23.8 Å². The third-order valence-corrected chi connectivity index (χ3v) is 4.59. The first-order chi connectivity index (χ1) is 13.5. The number of carboxylic acids is 1. The predicted molar refractivity (Wildman–Crippen MR) is 102 cm³/mol. The van der Waals surface area contributed by atoms with Gasteiger partial charge < -0.3 is 19.6 Å². The molecule has 2 N–H and O–H groups in total. The number of furan rings is 1. The number of carboxylic acid groups (broad SMARTS) is 1. The quantitative estimate of drug-likeness (QED) is 0.566. The molecule has 28 heavy (non-hydrogen) atoms. The number of halogens is 1. The number of hydrogen-bond acceptors (Lipinski definition) is 5. The molecule has 1 aromatic heterocycles. The van der Waals surface area contributed by atoms with E-state index in [1.807, 2.05) is 6.07 Å². The van der Waals surface area contributed by atoms with Gasteiger partial charge in [-0.2, -0.15) is 5.26 Å². The first-order valence-electron chi connectivity index (χ1n) is 8.62. The predicted octanol–water partition coefficient (Wildman–Crippen LogP) is 3.50. The molecule has 1 saturated heterocycles. The Morgan fingerprint density at radius 3 is 2.82 bits per heavy atom. The zero-order chi connectivity index (χ0) is 20.1. The summed E-state index contributed by atoms with van der Waals surface area (Å²) in [4.78, 5) is 23.2. The Balaban J connectivity index is 1.72. The molecule has 0 spiro atoms. The lowest BCUT2D eigenvalue weighted by Gasteiger charge is -2.09. The van der Waals surface area contributed by atoms with Crippen LogP contribution in [0, 0.1) is 11.3 Å². The number of benzene rings is 1. The van der Waals surface area contributed by atoms with Crippen LogP contribution in [-0.4, -0.2) is 36.2 Å². The minimum absolute atomic E-state index is 0.00762. The van der Waals surface area contributed by atoms with Crippen LogP contribution in [0.5, 0.6) is 0 Å². The van der Waals surface area contributed by atoms with Crippen molar-refractivity contribution in [1.29, 1.82) is 5.26 Å².